The highest BCUT2D eigenvalue weighted by Gasteiger charge is 2.14. The number of anilines is 1. The third-order valence-corrected chi connectivity index (χ3v) is 2.39. The second-order valence-corrected chi connectivity index (χ2v) is 3.76. The average Bonchev–Trinajstić information content (AvgIpc) is 2.27. The molecule has 88 valence electrons. The SMILES string of the molecule is Cc1cc(NC(=O)N(C)C(C)CO)ccn1. The van der Waals surface area contributed by atoms with Gasteiger partial charge in [0.05, 0.1) is 12.6 Å². The van der Waals surface area contributed by atoms with Crippen molar-refractivity contribution in [3.63, 3.8) is 0 Å². The van der Waals surface area contributed by atoms with Gasteiger partial charge >= 0.3 is 6.03 Å². The highest BCUT2D eigenvalue weighted by molar-refractivity contribution is 5.89. The number of nitrogens with one attached hydrogen (secondary N) is 1. The van der Waals surface area contributed by atoms with Crippen molar-refractivity contribution >= 4 is 11.7 Å². The van der Waals surface area contributed by atoms with Gasteiger partial charge in [0.1, 0.15) is 0 Å². The van der Waals surface area contributed by atoms with Gasteiger partial charge in [-0.1, -0.05) is 0 Å². The number of aliphatic hydroxyl groups excluding tert-OH is 1. The van der Waals surface area contributed by atoms with Gasteiger partial charge in [-0.15, -0.1) is 0 Å². The van der Waals surface area contributed by atoms with Crippen molar-refractivity contribution < 1.29 is 9.90 Å². The fraction of sp³-hybridized carbons (Fsp3) is 0.455. The van der Waals surface area contributed by atoms with E-state index >= 15 is 0 Å². The molecule has 5 heteroatoms. The third kappa shape index (κ3) is 3.20. The largest absolute Gasteiger partial charge is 0.394 e. The number of carbonyl (C=O) groups is 1. The summed E-state index contributed by atoms with van der Waals surface area (Å²) in [6.07, 6.45) is 1.64. The van der Waals surface area contributed by atoms with Crippen LogP contribution in [0, 0.1) is 6.92 Å². The Hall–Kier alpha value is -1.62. The Morgan fingerprint density at radius 1 is 1.69 bits per heavy atom. The summed E-state index contributed by atoms with van der Waals surface area (Å²) < 4.78 is 0. The number of likely N-dealkylation sites (N-methyl/N-ethyl adjacent to an activating group) is 1. The summed E-state index contributed by atoms with van der Waals surface area (Å²) in [5.41, 5.74) is 1.55. The number of aliphatic hydroxyl groups is 1. The van der Waals surface area contributed by atoms with E-state index in [1.165, 1.54) is 4.90 Å². The van der Waals surface area contributed by atoms with Gasteiger partial charge in [0.25, 0.3) is 0 Å². The fourth-order valence-corrected chi connectivity index (χ4v) is 1.16. The monoisotopic (exact) mass is 223 g/mol. The Labute approximate surface area is 95.1 Å². The third-order valence-electron chi connectivity index (χ3n) is 2.39. The van der Waals surface area contributed by atoms with E-state index in [9.17, 15) is 4.79 Å². The van der Waals surface area contributed by atoms with Crippen molar-refractivity contribution in [2.45, 2.75) is 19.9 Å². The molecule has 0 aliphatic rings. The highest BCUT2D eigenvalue weighted by Crippen LogP contribution is 2.08. The molecule has 1 rings (SSSR count). The molecule has 0 aliphatic heterocycles. The minimum atomic E-state index is -0.243. The van der Waals surface area contributed by atoms with Gasteiger partial charge in [-0.05, 0) is 26.0 Å². The summed E-state index contributed by atoms with van der Waals surface area (Å²) in [6.45, 7) is 3.58. The highest BCUT2D eigenvalue weighted by atomic mass is 16.3. The van der Waals surface area contributed by atoms with Crippen LogP contribution < -0.4 is 5.32 Å². The lowest BCUT2D eigenvalue weighted by Crippen LogP contribution is -2.40. The molecule has 2 N–H and O–H groups in total. The van der Waals surface area contributed by atoms with Crippen molar-refractivity contribution in [1.29, 1.82) is 0 Å². The van der Waals surface area contributed by atoms with E-state index in [4.69, 9.17) is 5.11 Å². The summed E-state index contributed by atoms with van der Waals surface area (Å²) >= 11 is 0. The van der Waals surface area contributed by atoms with Crippen molar-refractivity contribution in [3.05, 3.63) is 24.0 Å². The maximum absolute atomic E-state index is 11.7. The molecule has 0 saturated heterocycles. The summed E-state index contributed by atoms with van der Waals surface area (Å²) in [4.78, 5) is 17.2. The number of aromatic nitrogens is 1. The maximum atomic E-state index is 11.7. The van der Waals surface area contributed by atoms with Gasteiger partial charge in [-0.25, -0.2) is 4.79 Å². The van der Waals surface area contributed by atoms with Crippen LogP contribution in [0.25, 0.3) is 0 Å². The van der Waals surface area contributed by atoms with Gasteiger partial charge in [0.15, 0.2) is 0 Å². The quantitative estimate of drug-likeness (QED) is 0.810. The van der Waals surface area contributed by atoms with Gasteiger partial charge in [0.2, 0.25) is 0 Å². The molecule has 1 unspecified atom stereocenters. The van der Waals surface area contributed by atoms with E-state index in [1.807, 2.05) is 6.92 Å². The Morgan fingerprint density at radius 2 is 2.38 bits per heavy atom. The van der Waals surface area contributed by atoms with E-state index in [0.29, 0.717) is 5.69 Å². The topological polar surface area (TPSA) is 65.5 Å². The van der Waals surface area contributed by atoms with E-state index in [0.717, 1.165) is 5.69 Å². The first kappa shape index (κ1) is 12.4. The Morgan fingerprint density at radius 3 is 2.94 bits per heavy atom. The number of aryl methyl sites for hydroxylation is 1. The molecule has 0 aromatic carbocycles. The van der Waals surface area contributed by atoms with Crippen LogP contribution in [-0.4, -0.2) is 40.7 Å². The number of amides is 2. The average molecular weight is 223 g/mol. The van der Waals surface area contributed by atoms with E-state index < -0.39 is 0 Å². The molecule has 0 radical (unpaired) electrons. The number of nitrogens with zero attached hydrogens (tertiary/aromatic N) is 2. The van der Waals surface area contributed by atoms with Crippen molar-refractivity contribution in [3.8, 4) is 0 Å². The summed E-state index contributed by atoms with van der Waals surface area (Å²) in [5, 5.41) is 11.7. The first-order valence-corrected chi connectivity index (χ1v) is 5.12. The molecule has 1 atom stereocenters. The maximum Gasteiger partial charge on any atom is 0.321 e. The van der Waals surface area contributed by atoms with Crippen LogP contribution in [0.3, 0.4) is 0 Å². The molecule has 2 amide bonds. The van der Waals surface area contributed by atoms with Crippen LogP contribution in [-0.2, 0) is 0 Å². The molecule has 0 fully saturated rings. The zero-order valence-electron chi connectivity index (χ0n) is 9.77. The number of rotatable bonds is 3. The number of carbonyl (C=O) groups excluding carboxylic acids is 1. The molecule has 0 saturated carbocycles. The van der Waals surface area contributed by atoms with E-state index in [1.54, 1.807) is 32.3 Å². The zero-order valence-corrected chi connectivity index (χ0v) is 9.77. The summed E-state index contributed by atoms with van der Waals surface area (Å²) in [7, 11) is 1.64. The van der Waals surface area contributed by atoms with Crippen LogP contribution in [0.5, 0.6) is 0 Å². The number of urea groups is 1. The number of pyridine rings is 1. The number of hydrogen-bond acceptors (Lipinski definition) is 3. The van der Waals surface area contributed by atoms with Gasteiger partial charge < -0.3 is 15.3 Å². The van der Waals surface area contributed by atoms with Gasteiger partial charge in [0, 0.05) is 24.6 Å². The van der Waals surface area contributed by atoms with Gasteiger partial charge in [-0.3, -0.25) is 4.98 Å². The second kappa shape index (κ2) is 5.46. The zero-order chi connectivity index (χ0) is 12.1. The lowest BCUT2D eigenvalue weighted by Gasteiger charge is -2.23. The van der Waals surface area contributed by atoms with Crippen molar-refractivity contribution in [2.75, 3.05) is 19.0 Å². The molecule has 5 nitrogen and oxygen atoms in total. The van der Waals surface area contributed by atoms with E-state index in [-0.39, 0.29) is 18.7 Å². The second-order valence-electron chi connectivity index (χ2n) is 3.76. The van der Waals surface area contributed by atoms with Crippen LogP contribution >= 0.6 is 0 Å². The van der Waals surface area contributed by atoms with Crippen LogP contribution in [0.1, 0.15) is 12.6 Å². The fourth-order valence-electron chi connectivity index (χ4n) is 1.16. The molecule has 1 aromatic rings. The molecule has 1 aromatic heterocycles. The first-order chi connectivity index (χ1) is 7.54. The number of hydrogen-bond donors (Lipinski definition) is 2. The normalized spacial score (nSPS) is 12.0. The van der Waals surface area contributed by atoms with Crippen LogP contribution in [0.2, 0.25) is 0 Å². The lowest BCUT2D eigenvalue weighted by atomic mass is 10.3. The predicted octanol–water partition coefficient (Wildman–Crippen LogP) is 1.23. The molecular weight excluding hydrogens is 206 g/mol. The standard InChI is InChI=1S/C11H17N3O2/c1-8-6-10(4-5-12-8)13-11(16)14(3)9(2)7-15/h4-6,9,15H,7H2,1-3H3,(H,12,13,16). The molecule has 1 heterocycles. The van der Waals surface area contributed by atoms with Crippen LogP contribution in [0.4, 0.5) is 10.5 Å². The lowest BCUT2D eigenvalue weighted by molar-refractivity contribution is 0.166. The Balaban J connectivity index is 2.64. The molecule has 0 aliphatic carbocycles. The minimum absolute atomic E-state index is 0.0563. The minimum Gasteiger partial charge on any atom is -0.394 e. The van der Waals surface area contributed by atoms with Gasteiger partial charge in [-0.2, -0.15) is 0 Å². The molecule has 0 bridgehead atoms. The summed E-state index contributed by atoms with van der Waals surface area (Å²) in [5.74, 6) is 0. The smallest absolute Gasteiger partial charge is 0.321 e. The van der Waals surface area contributed by atoms with E-state index in [2.05, 4.69) is 10.3 Å². The predicted molar refractivity (Wildman–Crippen MR) is 62.3 cm³/mol. The van der Waals surface area contributed by atoms with Crippen molar-refractivity contribution in [1.82, 2.24) is 9.88 Å². The van der Waals surface area contributed by atoms with Crippen molar-refractivity contribution in [2.24, 2.45) is 0 Å². The molecule has 16 heavy (non-hydrogen) atoms. The molecule has 0 spiro atoms. The first-order valence-electron chi connectivity index (χ1n) is 5.12. The van der Waals surface area contributed by atoms with Crippen LogP contribution in [0.15, 0.2) is 18.3 Å². The molecular formula is C11H17N3O2. The Bertz CT molecular complexity index is 368. The Kier molecular flexibility index (Phi) is 4.25. The summed E-state index contributed by atoms with van der Waals surface area (Å²) in [6, 6.07) is 3.06.